The van der Waals surface area contributed by atoms with E-state index >= 15 is 0 Å². The van der Waals surface area contributed by atoms with Gasteiger partial charge in [-0.15, -0.1) is 0 Å². The zero-order valence-corrected chi connectivity index (χ0v) is 13.9. The molecule has 0 bridgehead atoms. The summed E-state index contributed by atoms with van der Waals surface area (Å²) in [4.78, 5) is 2.58. The van der Waals surface area contributed by atoms with Gasteiger partial charge in [0.1, 0.15) is 0 Å². The summed E-state index contributed by atoms with van der Waals surface area (Å²) in [5.41, 5.74) is 2.82. The molecule has 1 fully saturated rings. The zero-order valence-electron chi connectivity index (χ0n) is 13.9. The van der Waals surface area contributed by atoms with Gasteiger partial charge in [-0.2, -0.15) is 0 Å². The monoisotopic (exact) mass is 317 g/mol. The molecule has 0 N–H and O–H groups in total. The number of hydrogen-bond acceptors (Lipinski definition) is 2. The molecule has 4 rings (SSSR count). The summed E-state index contributed by atoms with van der Waals surface area (Å²) >= 11 is 0. The third-order valence-electron chi connectivity index (χ3n) is 4.94. The van der Waals surface area contributed by atoms with E-state index in [1.165, 1.54) is 21.9 Å². The highest BCUT2D eigenvalue weighted by Crippen LogP contribution is 2.31. The molecule has 1 heterocycles. The summed E-state index contributed by atoms with van der Waals surface area (Å²) in [6.45, 7) is 3.66. The number of hydrogen-bond donors (Lipinski definition) is 0. The Labute approximate surface area is 143 Å². The van der Waals surface area contributed by atoms with E-state index in [0.29, 0.717) is 6.04 Å². The Morgan fingerprint density at radius 1 is 0.792 bits per heavy atom. The van der Waals surface area contributed by atoms with Crippen LogP contribution in [0.5, 0.6) is 0 Å². The van der Waals surface area contributed by atoms with E-state index in [0.717, 1.165) is 32.7 Å². The van der Waals surface area contributed by atoms with Crippen LogP contribution in [-0.2, 0) is 11.2 Å². The van der Waals surface area contributed by atoms with Gasteiger partial charge in [0, 0.05) is 19.1 Å². The molecule has 0 radical (unpaired) electrons. The van der Waals surface area contributed by atoms with Gasteiger partial charge in [0.05, 0.1) is 13.2 Å². The predicted octanol–water partition coefficient (Wildman–Crippen LogP) is 4.46. The number of nitrogens with zero attached hydrogens (tertiary/aromatic N) is 1. The van der Waals surface area contributed by atoms with Crippen LogP contribution in [0.25, 0.3) is 10.8 Å². The van der Waals surface area contributed by atoms with E-state index in [1.807, 2.05) is 0 Å². The molecule has 0 unspecified atom stereocenters. The van der Waals surface area contributed by atoms with E-state index in [2.05, 4.69) is 77.7 Å². The fourth-order valence-electron chi connectivity index (χ4n) is 3.70. The molecule has 122 valence electrons. The normalized spacial score (nSPS) is 17.0. The molecule has 0 amide bonds. The van der Waals surface area contributed by atoms with Crippen molar-refractivity contribution in [3.63, 3.8) is 0 Å². The van der Waals surface area contributed by atoms with E-state index < -0.39 is 0 Å². The Morgan fingerprint density at radius 3 is 2.33 bits per heavy atom. The molecule has 0 aromatic heterocycles. The predicted molar refractivity (Wildman–Crippen MR) is 99.2 cm³/mol. The van der Waals surface area contributed by atoms with Crippen molar-refractivity contribution in [3.8, 4) is 0 Å². The van der Waals surface area contributed by atoms with Crippen molar-refractivity contribution in [3.05, 3.63) is 83.9 Å². The van der Waals surface area contributed by atoms with Crippen LogP contribution in [0.3, 0.4) is 0 Å². The Balaban J connectivity index is 1.76. The topological polar surface area (TPSA) is 12.5 Å². The van der Waals surface area contributed by atoms with Crippen LogP contribution in [0.4, 0.5) is 0 Å². The van der Waals surface area contributed by atoms with Gasteiger partial charge >= 0.3 is 0 Å². The summed E-state index contributed by atoms with van der Waals surface area (Å²) in [6, 6.07) is 26.6. The number of fused-ring (bicyclic) bond motifs is 1. The molecule has 2 heteroatoms. The maximum Gasteiger partial charge on any atom is 0.0594 e. The summed E-state index contributed by atoms with van der Waals surface area (Å²) in [5.74, 6) is 0. The van der Waals surface area contributed by atoms with Gasteiger partial charge in [0.15, 0.2) is 0 Å². The molecule has 1 atom stereocenters. The molecular formula is C22H23NO. The SMILES string of the molecule is c1ccc(C[C@H](c2cccc3ccccc23)N2CCOCC2)cc1. The minimum atomic E-state index is 0.391. The average molecular weight is 317 g/mol. The van der Waals surface area contributed by atoms with Crippen molar-refractivity contribution in [2.24, 2.45) is 0 Å². The average Bonchev–Trinajstić information content (AvgIpc) is 2.67. The first kappa shape index (κ1) is 15.4. The maximum atomic E-state index is 5.58. The van der Waals surface area contributed by atoms with Crippen LogP contribution in [0, 0.1) is 0 Å². The van der Waals surface area contributed by atoms with Gasteiger partial charge < -0.3 is 4.74 Å². The number of morpholine rings is 1. The lowest BCUT2D eigenvalue weighted by Crippen LogP contribution is -2.40. The molecule has 3 aromatic rings. The maximum absolute atomic E-state index is 5.58. The van der Waals surface area contributed by atoms with Crippen molar-refractivity contribution in [1.82, 2.24) is 4.90 Å². The summed E-state index contributed by atoms with van der Waals surface area (Å²) in [7, 11) is 0. The number of rotatable bonds is 4. The Bertz CT molecular complexity index is 788. The van der Waals surface area contributed by atoms with Crippen molar-refractivity contribution in [2.75, 3.05) is 26.3 Å². The van der Waals surface area contributed by atoms with Crippen LogP contribution in [0.2, 0.25) is 0 Å². The Morgan fingerprint density at radius 2 is 1.50 bits per heavy atom. The highest BCUT2D eigenvalue weighted by molar-refractivity contribution is 5.86. The van der Waals surface area contributed by atoms with Gasteiger partial charge in [-0.3, -0.25) is 4.90 Å². The molecule has 0 saturated carbocycles. The quantitative estimate of drug-likeness (QED) is 0.704. The van der Waals surface area contributed by atoms with E-state index in [9.17, 15) is 0 Å². The molecule has 1 aliphatic heterocycles. The minimum absolute atomic E-state index is 0.391. The van der Waals surface area contributed by atoms with Gasteiger partial charge in [-0.25, -0.2) is 0 Å². The van der Waals surface area contributed by atoms with Crippen LogP contribution < -0.4 is 0 Å². The molecule has 1 aliphatic rings. The van der Waals surface area contributed by atoms with Crippen LogP contribution in [0.15, 0.2) is 72.8 Å². The van der Waals surface area contributed by atoms with Gasteiger partial charge in [-0.05, 0) is 28.3 Å². The highest BCUT2D eigenvalue weighted by atomic mass is 16.5. The van der Waals surface area contributed by atoms with E-state index in [-0.39, 0.29) is 0 Å². The lowest BCUT2D eigenvalue weighted by molar-refractivity contribution is 0.0164. The minimum Gasteiger partial charge on any atom is -0.379 e. The fraction of sp³-hybridized carbons (Fsp3) is 0.273. The highest BCUT2D eigenvalue weighted by Gasteiger charge is 2.24. The van der Waals surface area contributed by atoms with Crippen molar-refractivity contribution in [1.29, 1.82) is 0 Å². The van der Waals surface area contributed by atoms with Crippen LogP contribution in [-0.4, -0.2) is 31.2 Å². The first-order valence-electron chi connectivity index (χ1n) is 8.75. The lowest BCUT2D eigenvalue weighted by Gasteiger charge is -2.35. The zero-order chi connectivity index (χ0) is 16.2. The number of ether oxygens (including phenoxy) is 1. The fourth-order valence-corrected chi connectivity index (χ4v) is 3.70. The first-order chi connectivity index (χ1) is 11.9. The summed E-state index contributed by atoms with van der Waals surface area (Å²) in [6.07, 6.45) is 1.04. The van der Waals surface area contributed by atoms with Crippen LogP contribution >= 0.6 is 0 Å². The molecule has 2 nitrogen and oxygen atoms in total. The summed E-state index contributed by atoms with van der Waals surface area (Å²) < 4.78 is 5.58. The molecule has 0 spiro atoms. The number of benzene rings is 3. The summed E-state index contributed by atoms with van der Waals surface area (Å²) in [5, 5.41) is 2.69. The molecule has 1 saturated heterocycles. The first-order valence-corrected chi connectivity index (χ1v) is 8.75. The molecule has 3 aromatic carbocycles. The van der Waals surface area contributed by atoms with Crippen molar-refractivity contribution in [2.45, 2.75) is 12.5 Å². The van der Waals surface area contributed by atoms with Crippen LogP contribution in [0.1, 0.15) is 17.2 Å². The van der Waals surface area contributed by atoms with Gasteiger partial charge in [0.25, 0.3) is 0 Å². The second-order valence-corrected chi connectivity index (χ2v) is 6.42. The van der Waals surface area contributed by atoms with Crippen molar-refractivity contribution >= 4 is 10.8 Å². The Kier molecular flexibility index (Phi) is 4.59. The third kappa shape index (κ3) is 3.21. The lowest BCUT2D eigenvalue weighted by atomic mass is 9.92. The second-order valence-electron chi connectivity index (χ2n) is 6.42. The van der Waals surface area contributed by atoms with E-state index in [4.69, 9.17) is 4.74 Å². The smallest absolute Gasteiger partial charge is 0.0594 e. The molecular weight excluding hydrogens is 294 g/mol. The molecule has 24 heavy (non-hydrogen) atoms. The van der Waals surface area contributed by atoms with Crippen molar-refractivity contribution < 1.29 is 4.74 Å². The largest absolute Gasteiger partial charge is 0.379 e. The molecule has 0 aliphatic carbocycles. The third-order valence-corrected chi connectivity index (χ3v) is 4.94. The second kappa shape index (κ2) is 7.16. The van der Waals surface area contributed by atoms with E-state index in [1.54, 1.807) is 0 Å². The van der Waals surface area contributed by atoms with Gasteiger partial charge in [-0.1, -0.05) is 72.8 Å². The standard InChI is InChI=1S/C22H23NO/c1-2-7-18(8-3-1)17-22(23-13-15-24-16-14-23)21-12-6-10-19-9-4-5-11-20(19)21/h1-12,22H,13-17H2/t22-/m1/s1. The van der Waals surface area contributed by atoms with Gasteiger partial charge in [0.2, 0.25) is 0 Å². The Hall–Kier alpha value is -2.16.